The summed E-state index contributed by atoms with van der Waals surface area (Å²) in [6, 6.07) is 28.5. The Labute approximate surface area is 351 Å². The van der Waals surface area contributed by atoms with E-state index in [9.17, 15) is 23.9 Å². The van der Waals surface area contributed by atoms with Crippen LogP contribution in [0.25, 0.3) is 11.3 Å². The number of amides is 2. The summed E-state index contributed by atoms with van der Waals surface area (Å²) >= 11 is 0. The number of nitrogens with zero attached hydrogens (tertiary/aromatic N) is 3. The van der Waals surface area contributed by atoms with Crippen LogP contribution in [0.15, 0.2) is 97.1 Å². The van der Waals surface area contributed by atoms with Crippen LogP contribution in [-0.4, -0.2) is 34.1 Å². The first-order valence-electron chi connectivity index (χ1n) is 16.9. The number of ether oxygens (including phenoxy) is 2. The van der Waals surface area contributed by atoms with Gasteiger partial charge in [-0.2, -0.15) is 0 Å². The summed E-state index contributed by atoms with van der Waals surface area (Å²) in [5.74, 6) is 0.453. The van der Waals surface area contributed by atoms with E-state index in [2.05, 4.69) is 28.1 Å². The quantitative estimate of drug-likeness (QED) is 0.168. The van der Waals surface area contributed by atoms with Gasteiger partial charge in [0.15, 0.2) is 11.5 Å². The zero-order valence-electron chi connectivity index (χ0n) is 29.8. The number of aromatic nitrogens is 1. The molecule has 0 bridgehead atoms. The molecule has 260 valence electrons. The van der Waals surface area contributed by atoms with E-state index >= 15 is 0 Å². The summed E-state index contributed by atoms with van der Waals surface area (Å²) < 4.78 is 29.4. The number of fused-ring (bicyclic) bond motifs is 3. The third-order valence-corrected chi connectivity index (χ3v) is 10.2. The molecule has 0 spiro atoms. The number of anilines is 2. The molecule has 0 aliphatic carbocycles. The van der Waals surface area contributed by atoms with Crippen molar-refractivity contribution in [2.45, 2.75) is 51.7 Å². The van der Waals surface area contributed by atoms with Gasteiger partial charge in [-0.3, -0.25) is 14.5 Å². The van der Waals surface area contributed by atoms with Crippen LogP contribution in [-0.2, 0) is 30.5 Å². The topological polar surface area (TPSA) is 136 Å². The Bertz CT molecular complexity index is 2210. The van der Waals surface area contributed by atoms with Gasteiger partial charge >= 0.3 is 59.1 Å². The van der Waals surface area contributed by atoms with Gasteiger partial charge in [0.25, 0.3) is 11.8 Å². The average Bonchev–Trinajstić information content (AvgIpc) is 3.76. The van der Waals surface area contributed by atoms with Gasteiger partial charge < -0.3 is 37.8 Å². The maximum absolute atomic E-state index is 14.8. The normalized spacial score (nSPS) is 15.7. The molecule has 0 fully saturated rings. The zero-order valence-corrected chi connectivity index (χ0v) is 34.7. The number of carbonyl (C=O) groups excluding carboxylic acids is 2. The van der Waals surface area contributed by atoms with Crippen molar-refractivity contribution in [2.75, 3.05) is 11.7 Å². The minimum Gasteiger partial charge on any atom is -0.780 e. The molecule has 4 aromatic carbocycles. The number of para-hydroxylation sites is 1. The first kappa shape index (κ1) is 39.3. The summed E-state index contributed by atoms with van der Waals surface area (Å²) in [5.41, 5.74) is 6.60. The van der Waals surface area contributed by atoms with Gasteiger partial charge in [-0.25, -0.2) is 0 Å². The molecule has 3 aliphatic heterocycles. The molecule has 5 aromatic rings. The Morgan fingerprint density at radius 3 is 2.21 bits per heavy atom. The minimum atomic E-state index is -5.26. The Kier molecular flexibility index (Phi) is 12.0. The Hall–Kier alpha value is -3.35. The fourth-order valence-corrected chi connectivity index (χ4v) is 7.77. The minimum absolute atomic E-state index is 0. The predicted molar refractivity (Wildman–Crippen MR) is 186 cm³/mol. The largest absolute Gasteiger partial charge is 1.00 e. The van der Waals surface area contributed by atoms with Gasteiger partial charge in [0.05, 0.1) is 11.1 Å². The molecule has 1 atom stereocenters. The maximum atomic E-state index is 14.8. The van der Waals surface area contributed by atoms with E-state index in [1.165, 1.54) is 29.8 Å². The second kappa shape index (κ2) is 16.2. The number of phosphoric ester groups is 1. The van der Waals surface area contributed by atoms with Crippen molar-refractivity contribution in [1.29, 1.82) is 0 Å². The predicted octanol–water partition coefficient (Wildman–Crippen LogP) is 0.00110. The number of carbonyl (C=O) groups is 2. The average molecular weight is 750 g/mol. The molecule has 53 heavy (non-hydrogen) atoms. The molecule has 1 aromatic heterocycles. The summed E-state index contributed by atoms with van der Waals surface area (Å²) in [6.07, 6.45) is 3.20. The zero-order chi connectivity index (χ0) is 35.3. The Morgan fingerprint density at radius 2 is 1.49 bits per heavy atom. The maximum Gasteiger partial charge on any atom is 1.00 e. The van der Waals surface area contributed by atoms with Crippen LogP contribution < -0.4 is 87.8 Å². The monoisotopic (exact) mass is 749 g/mol. The van der Waals surface area contributed by atoms with Crippen molar-refractivity contribution in [3.8, 4) is 28.5 Å². The number of hydrogen-bond acceptors (Lipinski definition) is 8. The molecule has 0 unspecified atom stereocenters. The van der Waals surface area contributed by atoms with Crippen LogP contribution in [0.3, 0.4) is 0 Å². The summed E-state index contributed by atoms with van der Waals surface area (Å²) in [7, 11) is -5.26. The van der Waals surface area contributed by atoms with E-state index in [1.54, 1.807) is 11.0 Å². The van der Waals surface area contributed by atoms with Crippen LogP contribution in [0.1, 0.15) is 57.3 Å². The fourth-order valence-electron chi connectivity index (χ4n) is 7.39. The Morgan fingerprint density at radius 1 is 0.830 bits per heavy atom. The van der Waals surface area contributed by atoms with E-state index in [0.717, 1.165) is 36.2 Å². The number of hydrogen-bond donors (Lipinski definition) is 0. The molecule has 0 N–H and O–H groups in total. The van der Waals surface area contributed by atoms with E-state index in [0.29, 0.717) is 59.1 Å². The first-order valence-corrected chi connectivity index (χ1v) is 18.4. The van der Waals surface area contributed by atoms with Crippen LogP contribution >= 0.6 is 7.82 Å². The molecular weight excluding hydrogens is 715 g/mol. The number of phosphoric acid groups is 1. The van der Waals surface area contributed by atoms with E-state index in [-0.39, 0.29) is 89.5 Å². The summed E-state index contributed by atoms with van der Waals surface area (Å²) in [5, 5.41) is 0. The molecule has 3 aliphatic rings. The van der Waals surface area contributed by atoms with Crippen molar-refractivity contribution in [1.82, 2.24) is 9.47 Å². The molecular formula is C39H34N3Na2O8P. The fraction of sp³-hybridized carbons (Fsp3) is 0.231. The van der Waals surface area contributed by atoms with Crippen LogP contribution in [0, 0.1) is 0 Å². The molecule has 0 saturated carbocycles. The van der Waals surface area contributed by atoms with Crippen LogP contribution in [0.4, 0.5) is 11.4 Å². The van der Waals surface area contributed by atoms with Gasteiger partial charge in [-0.1, -0.05) is 42.5 Å². The third kappa shape index (κ3) is 7.92. The molecule has 4 heterocycles. The van der Waals surface area contributed by atoms with Crippen molar-refractivity contribution < 1.29 is 97.1 Å². The van der Waals surface area contributed by atoms with E-state index in [4.69, 9.17) is 9.47 Å². The smallest absolute Gasteiger partial charge is 0.780 e. The molecule has 11 nitrogen and oxygen atoms in total. The number of rotatable bonds is 7. The van der Waals surface area contributed by atoms with Gasteiger partial charge in [0.2, 0.25) is 6.79 Å². The molecule has 8 rings (SSSR count). The van der Waals surface area contributed by atoms with Gasteiger partial charge in [-0.05, 0) is 98.3 Å². The van der Waals surface area contributed by atoms with Crippen molar-refractivity contribution >= 4 is 31.0 Å². The second-order valence-corrected chi connectivity index (χ2v) is 14.1. The third-order valence-electron chi connectivity index (χ3n) is 9.80. The first-order chi connectivity index (χ1) is 24.6. The van der Waals surface area contributed by atoms with Crippen LogP contribution in [0.5, 0.6) is 17.2 Å². The molecule has 14 heteroatoms. The van der Waals surface area contributed by atoms with Crippen molar-refractivity contribution in [3.05, 3.63) is 125 Å². The summed E-state index contributed by atoms with van der Waals surface area (Å²) in [4.78, 5) is 55.3. The van der Waals surface area contributed by atoms with Gasteiger partial charge in [0, 0.05) is 47.5 Å². The van der Waals surface area contributed by atoms with Crippen molar-refractivity contribution in [3.63, 3.8) is 0 Å². The van der Waals surface area contributed by atoms with Gasteiger partial charge in [-0.15, -0.1) is 0 Å². The molecule has 0 radical (unpaired) electrons. The van der Waals surface area contributed by atoms with Gasteiger partial charge in [0.1, 0.15) is 13.6 Å². The second-order valence-electron chi connectivity index (χ2n) is 13.0. The number of benzene rings is 4. The summed E-state index contributed by atoms with van der Waals surface area (Å²) in [6.45, 7) is 3.26. The van der Waals surface area contributed by atoms with E-state index < -0.39 is 7.82 Å². The standard InChI is InChI=1S/C39H36N3O8P.2Na/c1-25-19-26-9-5-6-10-27(26)23-41(25)38(43)32-22-37-36(48-24-49-37)21-31(32)35-20-33(34-13-7-8-18-40(34)35)39(44)42(28-11-3-2-4-12-28)29-14-16-30(17-15-29)50-51(45,46)47;;/h2-6,9-12,14-17,20-22,25H,7-8,13,18-19,23-24H2,1H3,(H2,45,46,47);;/q;2*+1/p-2/t25-;;/m1../s1. The van der Waals surface area contributed by atoms with Crippen molar-refractivity contribution in [2.24, 2.45) is 0 Å². The molecule has 0 saturated heterocycles. The molecule has 2 amide bonds. The Balaban J connectivity index is 0.00000240. The SMILES string of the molecule is C[C@@H]1Cc2ccccc2CN1C(=O)c1cc2c(cc1-c1cc(C(=O)N(c3ccccc3)c3ccc(OP(=O)([O-])[O-])cc3)c3n1CCCC3)OCO2.[Na+].[Na+]. The van der Waals surface area contributed by atoms with E-state index in [1.807, 2.05) is 59.5 Å². The van der Waals surface area contributed by atoms with Crippen LogP contribution in [0.2, 0.25) is 0 Å².